The summed E-state index contributed by atoms with van der Waals surface area (Å²) in [7, 11) is 0. The Morgan fingerprint density at radius 2 is 1.93 bits per heavy atom. The molecule has 1 aromatic rings. The van der Waals surface area contributed by atoms with Gasteiger partial charge in [0, 0.05) is 23.7 Å². The van der Waals surface area contributed by atoms with Gasteiger partial charge in [-0.05, 0) is 30.7 Å². The third-order valence-corrected chi connectivity index (χ3v) is 2.68. The van der Waals surface area contributed by atoms with Gasteiger partial charge in [-0.2, -0.15) is 0 Å². The fraction of sp³-hybridized carbons (Fsp3) is 0.455. The Kier molecular flexibility index (Phi) is 2.99. The number of hydrogen-bond acceptors (Lipinski definition) is 3. The van der Waals surface area contributed by atoms with Crippen LogP contribution in [0, 0.1) is 6.92 Å². The quantitative estimate of drug-likeness (QED) is 0.711. The molecule has 3 heteroatoms. The van der Waals surface area contributed by atoms with Gasteiger partial charge >= 0.3 is 0 Å². The van der Waals surface area contributed by atoms with Crippen LogP contribution in [0.1, 0.15) is 5.56 Å². The van der Waals surface area contributed by atoms with Crippen molar-refractivity contribution in [3.05, 3.63) is 23.8 Å². The zero-order chi connectivity index (χ0) is 9.97. The number of nitrogens with zero attached hydrogens (tertiary/aromatic N) is 1. The average molecular weight is 209 g/mol. The van der Waals surface area contributed by atoms with Crippen molar-refractivity contribution < 1.29 is 4.74 Å². The van der Waals surface area contributed by atoms with E-state index in [1.54, 1.807) is 0 Å². The Morgan fingerprint density at radius 1 is 1.21 bits per heavy atom. The monoisotopic (exact) mass is 209 g/mol. The van der Waals surface area contributed by atoms with Gasteiger partial charge < -0.3 is 9.64 Å². The molecule has 1 aliphatic rings. The molecule has 0 amide bonds. The number of aryl methyl sites for hydroxylation is 1. The predicted molar refractivity (Wildman–Crippen MR) is 61.5 cm³/mol. The Bertz CT molecular complexity index is 301. The zero-order valence-electron chi connectivity index (χ0n) is 8.36. The number of anilines is 1. The lowest BCUT2D eigenvalue weighted by Crippen LogP contribution is -2.36. The highest BCUT2D eigenvalue weighted by Crippen LogP contribution is 2.21. The molecule has 0 radical (unpaired) electrons. The lowest BCUT2D eigenvalue weighted by Gasteiger charge is -2.29. The number of ether oxygens (including phenoxy) is 1. The van der Waals surface area contributed by atoms with Crippen LogP contribution in [-0.4, -0.2) is 26.3 Å². The normalized spacial score (nSPS) is 17.1. The second-order valence-electron chi connectivity index (χ2n) is 3.63. The Morgan fingerprint density at radius 3 is 2.57 bits per heavy atom. The highest BCUT2D eigenvalue weighted by atomic mass is 32.1. The van der Waals surface area contributed by atoms with Crippen LogP contribution in [0.4, 0.5) is 5.69 Å². The first-order valence-electron chi connectivity index (χ1n) is 4.89. The largest absolute Gasteiger partial charge is 0.378 e. The third kappa shape index (κ3) is 2.22. The summed E-state index contributed by atoms with van der Waals surface area (Å²) in [5, 5.41) is 0. The van der Waals surface area contributed by atoms with Crippen molar-refractivity contribution in [1.29, 1.82) is 0 Å². The van der Waals surface area contributed by atoms with E-state index in [-0.39, 0.29) is 0 Å². The highest BCUT2D eigenvalue weighted by molar-refractivity contribution is 7.80. The number of morpholine rings is 1. The summed E-state index contributed by atoms with van der Waals surface area (Å²) in [6, 6.07) is 6.39. The van der Waals surface area contributed by atoms with E-state index < -0.39 is 0 Å². The van der Waals surface area contributed by atoms with Gasteiger partial charge in [-0.1, -0.05) is 0 Å². The Hall–Kier alpha value is -0.670. The first-order valence-corrected chi connectivity index (χ1v) is 5.34. The lowest BCUT2D eigenvalue weighted by atomic mass is 10.2. The SMILES string of the molecule is Cc1cc(S)cc(N2CCOCC2)c1. The van der Waals surface area contributed by atoms with Gasteiger partial charge in [0.2, 0.25) is 0 Å². The van der Waals surface area contributed by atoms with Crippen molar-refractivity contribution in [2.24, 2.45) is 0 Å². The van der Waals surface area contributed by atoms with Crippen LogP contribution >= 0.6 is 12.6 Å². The van der Waals surface area contributed by atoms with Crippen LogP contribution in [0.5, 0.6) is 0 Å². The van der Waals surface area contributed by atoms with E-state index in [1.807, 2.05) is 0 Å². The molecular weight excluding hydrogens is 194 g/mol. The summed E-state index contributed by atoms with van der Waals surface area (Å²) in [5.41, 5.74) is 2.53. The Balaban J connectivity index is 2.21. The molecule has 2 rings (SSSR count). The Labute approximate surface area is 90.3 Å². The summed E-state index contributed by atoms with van der Waals surface area (Å²) < 4.78 is 5.32. The fourth-order valence-electron chi connectivity index (χ4n) is 1.75. The van der Waals surface area contributed by atoms with Crippen molar-refractivity contribution in [3.8, 4) is 0 Å². The highest BCUT2D eigenvalue weighted by Gasteiger charge is 2.11. The molecular formula is C11H15NOS. The molecule has 0 aliphatic carbocycles. The van der Waals surface area contributed by atoms with E-state index in [4.69, 9.17) is 4.74 Å². The predicted octanol–water partition coefficient (Wildman–Crippen LogP) is 2.12. The fourth-order valence-corrected chi connectivity index (χ4v) is 2.08. The molecule has 1 fully saturated rings. The molecule has 0 atom stereocenters. The summed E-state index contributed by atoms with van der Waals surface area (Å²) in [6.07, 6.45) is 0. The number of rotatable bonds is 1. The first-order chi connectivity index (χ1) is 6.75. The molecule has 1 saturated heterocycles. The number of thiol groups is 1. The van der Waals surface area contributed by atoms with E-state index in [9.17, 15) is 0 Å². The second-order valence-corrected chi connectivity index (χ2v) is 4.14. The van der Waals surface area contributed by atoms with Crippen LogP contribution in [-0.2, 0) is 4.74 Å². The minimum absolute atomic E-state index is 0.829. The van der Waals surface area contributed by atoms with Gasteiger partial charge in [-0.3, -0.25) is 0 Å². The van der Waals surface area contributed by atoms with Gasteiger partial charge in [0.05, 0.1) is 13.2 Å². The zero-order valence-corrected chi connectivity index (χ0v) is 9.26. The summed E-state index contributed by atoms with van der Waals surface area (Å²) in [5.74, 6) is 0. The van der Waals surface area contributed by atoms with Crippen LogP contribution < -0.4 is 4.90 Å². The van der Waals surface area contributed by atoms with Crippen molar-refractivity contribution >= 4 is 18.3 Å². The summed E-state index contributed by atoms with van der Waals surface area (Å²) >= 11 is 4.39. The molecule has 1 aliphatic heterocycles. The minimum Gasteiger partial charge on any atom is -0.378 e. The molecule has 0 aromatic heterocycles. The molecule has 76 valence electrons. The van der Waals surface area contributed by atoms with Crippen LogP contribution in [0.3, 0.4) is 0 Å². The van der Waals surface area contributed by atoms with E-state index in [1.165, 1.54) is 11.3 Å². The van der Waals surface area contributed by atoms with E-state index in [0.717, 1.165) is 31.2 Å². The van der Waals surface area contributed by atoms with E-state index >= 15 is 0 Å². The molecule has 0 spiro atoms. The molecule has 0 saturated carbocycles. The van der Waals surface area contributed by atoms with Crippen molar-refractivity contribution in [1.82, 2.24) is 0 Å². The molecule has 14 heavy (non-hydrogen) atoms. The topological polar surface area (TPSA) is 12.5 Å². The molecule has 1 aromatic carbocycles. The van der Waals surface area contributed by atoms with Crippen molar-refractivity contribution in [2.45, 2.75) is 11.8 Å². The van der Waals surface area contributed by atoms with Crippen molar-refractivity contribution in [3.63, 3.8) is 0 Å². The molecule has 0 unspecified atom stereocenters. The van der Waals surface area contributed by atoms with Crippen LogP contribution in [0.2, 0.25) is 0 Å². The molecule has 0 bridgehead atoms. The van der Waals surface area contributed by atoms with Gasteiger partial charge in [-0.15, -0.1) is 12.6 Å². The van der Waals surface area contributed by atoms with Crippen LogP contribution in [0.25, 0.3) is 0 Å². The lowest BCUT2D eigenvalue weighted by molar-refractivity contribution is 0.122. The molecule has 2 nitrogen and oxygen atoms in total. The smallest absolute Gasteiger partial charge is 0.0642 e. The average Bonchev–Trinajstić information content (AvgIpc) is 2.18. The molecule has 0 N–H and O–H groups in total. The first kappa shape index (κ1) is 9.87. The number of benzene rings is 1. The maximum Gasteiger partial charge on any atom is 0.0642 e. The van der Waals surface area contributed by atoms with Gasteiger partial charge in [0.25, 0.3) is 0 Å². The van der Waals surface area contributed by atoms with E-state index in [0.29, 0.717) is 0 Å². The van der Waals surface area contributed by atoms with Crippen molar-refractivity contribution in [2.75, 3.05) is 31.2 Å². The second kappa shape index (κ2) is 4.24. The molecule has 1 heterocycles. The van der Waals surface area contributed by atoms with Gasteiger partial charge in [0.1, 0.15) is 0 Å². The maximum absolute atomic E-state index is 5.32. The summed E-state index contributed by atoms with van der Waals surface area (Å²) in [6.45, 7) is 5.72. The number of hydrogen-bond donors (Lipinski definition) is 1. The standard InChI is InChI=1S/C11H15NOS/c1-9-6-10(8-11(14)7-9)12-2-4-13-5-3-12/h6-8,14H,2-5H2,1H3. The van der Waals surface area contributed by atoms with Crippen LogP contribution in [0.15, 0.2) is 23.1 Å². The maximum atomic E-state index is 5.32. The minimum atomic E-state index is 0.829. The van der Waals surface area contributed by atoms with Gasteiger partial charge in [-0.25, -0.2) is 0 Å². The van der Waals surface area contributed by atoms with Gasteiger partial charge in [0.15, 0.2) is 0 Å². The third-order valence-electron chi connectivity index (χ3n) is 2.42. The summed E-state index contributed by atoms with van der Waals surface area (Å²) in [4.78, 5) is 3.38. The van der Waals surface area contributed by atoms with E-state index in [2.05, 4.69) is 42.7 Å².